The first kappa shape index (κ1) is 10.1. The van der Waals surface area contributed by atoms with Gasteiger partial charge in [-0.3, -0.25) is 0 Å². The van der Waals surface area contributed by atoms with E-state index < -0.39 is 11.6 Å². The predicted octanol–water partition coefficient (Wildman–Crippen LogP) is 2.39. The molecule has 1 aliphatic rings. The summed E-state index contributed by atoms with van der Waals surface area (Å²) >= 11 is 0. The molecule has 0 spiro atoms. The van der Waals surface area contributed by atoms with Crippen LogP contribution < -0.4 is 4.74 Å². The van der Waals surface area contributed by atoms with Crippen molar-refractivity contribution in [2.24, 2.45) is 0 Å². The van der Waals surface area contributed by atoms with E-state index in [1.54, 1.807) is 0 Å². The zero-order valence-corrected chi connectivity index (χ0v) is 8.00. The van der Waals surface area contributed by atoms with E-state index in [-0.39, 0.29) is 18.5 Å². The van der Waals surface area contributed by atoms with Gasteiger partial charge in [0.1, 0.15) is 12.7 Å². The summed E-state index contributed by atoms with van der Waals surface area (Å²) in [6.07, 6.45) is 1.45. The molecule has 0 amide bonds. The van der Waals surface area contributed by atoms with Gasteiger partial charge in [0.05, 0.1) is 6.61 Å². The van der Waals surface area contributed by atoms with Crippen molar-refractivity contribution < 1.29 is 18.3 Å². The molecule has 1 aromatic carbocycles. The lowest BCUT2D eigenvalue weighted by atomic mass is 10.2. The first-order chi connectivity index (χ1) is 7.20. The van der Waals surface area contributed by atoms with Gasteiger partial charge in [0, 0.05) is 0 Å². The Morgan fingerprint density at radius 3 is 2.87 bits per heavy atom. The van der Waals surface area contributed by atoms with Crippen LogP contribution in [0.25, 0.3) is 6.08 Å². The van der Waals surface area contributed by atoms with Gasteiger partial charge in [-0.2, -0.15) is 4.39 Å². The summed E-state index contributed by atoms with van der Waals surface area (Å²) in [6.45, 7) is 4.34. The topological polar surface area (TPSA) is 21.8 Å². The smallest absolute Gasteiger partial charge is 0.200 e. The molecule has 0 aromatic heterocycles. The molecule has 1 atom stereocenters. The fraction of sp³-hybridized carbons (Fsp3) is 0.273. The molecule has 0 saturated carbocycles. The highest BCUT2D eigenvalue weighted by Crippen LogP contribution is 2.24. The van der Waals surface area contributed by atoms with Crippen molar-refractivity contribution in [2.45, 2.75) is 6.10 Å². The van der Waals surface area contributed by atoms with E-state index in [0.717, 1.165) is 6.07 Å². The summed E-state index contributed by atoms with van der Waals surface area (Å²) in [5.41, 5.74) is 0.487. The molecular weight excluding hydrogens is 202 g/mol. The van der Waals surface area contributed by atoms with Gasteiger partial charge in [-0.1, -0.05) is 12.7 Å². The number of ether oxygens (including phenoxy) is 2. The summed E-state index contributed by atoms with van der Waals surface area (Å²) < 4.78 is 36.2. The normalized spacial score (nSPS) is 18.7. The third-order valence-electron chi connectivity index (χ3n) is 2.08. The van der Waals surface area contributed by atoms with E-state index in [0.29, 0.717) is 12.2 Å². The van der Waals surface area contributed by atoms with E-state index in [1.807, 2.05) is 0 Å². The Morgan fingerprint density at radius 2 is 2.27 bits per heavy atom. The number of epoxide rings is 1. The van der Waals surface area contributed by atoms with Crippen molar-refractivity contribution in [1.82, 2.24) is 0 Å². The number of hydrogen-bond acceptors (Lipinski definition) is 2. The molecule has 0 N–H and O–H groups in total. The molecule has 1 fully saturated rings. The van der Waals surface area contributed by atoms with Crippen LogP contribution in [0.3, 0.4) is 0 Å². The average Bonchev–Trinajstić information content (AvgIpc) is 3.03. The minimum atomic E-state index is -0.971. The van der Waals surface area contributed by atoms with Gasteiger partial charge in [-0.05, 0) is 17.7 Å². The van der Waals surface area contributed by atoms with Gasteiger partial charge < -0.3 is 9.47 Å². The van der Waals surface area contributed by atoms with E-state index in [1.165, 1.54) is 12.1 Å². The maximum atomic E-state index is 13.2. The summed E-state index contributed by atoms with van der Waals surface area (Å²) in [5, 5.41) is 0. The van der Waals surface area contributed by atoms with Crippen molar-refractivity contribution in [2.75, 3.05) is 13.2 Å². The molecule has 1 aromatic rings. The van der Waals surface area contributed by atoms with Crippen LogP contribution in [0.4, 0.5) is 8.78 Å². The second-order valence-corrected chi connectivity index (χ2v) is 3.29. The molecule has 1 heterocycles. The zero-order chi connectivity index (χ0) is 10.8. The third-order valence-corrected chi connectivity index (χ3v) is 2.08. The second kappa shape index (κ2) is 3.98. The summed E-state index contributed by atoms with van der Waals surface area (Å²) in [6, 6.07) is 2.48. The zero-order valence-electron chi connectivity index (χ0n) is 8.00. The number of benzene rings is 1. The highest BCUT2D eigenvalue weighted by atomic mass is 19.2. The molecular formula is C11H10F2O2. The van der Waals surface area contributed by atoms with Crippen LogP contribution in [-0.2, 0) is 4.74 Å². The van der Waals surface area contributed by atoms with Gasteiger partial charge in [-0.15, -0.1) is 0 Å². The lowest BCUT2D eigenvalue weighted by molar-refractivity contribution is 0.250. The average molecular weight is 212 g/mol. The maximum Gasteiger partial charge on any atom is 0.200 e. The quantitative estimate of drug-likeness (QED) is 0.715. The fourth-order valence-corrected chi connectivity index (χ4v) is 1.15. The largest absolute Gasteiger partial charge is 0.488 e. The highest BCUT2D eigenvalue weighted by molar-refractivity contribution is 5.50. The van der Waals surface area contributed by atoms with Crippen LogP contribution in [0.2, 0.25) is 0 Å². The van der Waals surface area contributed by atoms with Crippen LogP contribution in [-0.4, -0.2) is 19.3 Å². The Balaban J connectivity index is 2.18. The number of rotatable bonds is 4. The minimum Gasteiger partial charge on any atom is -0.488 e. The SMILES string of the molecule is C=Cc1cc(F)c(F)c(OC[C@H]2CO2)c1. The Bertz CT molecular complexity index is 386. The van der Waals surface area contributed by atoms with Gasteiger partial charge in [-0.25, -0.2) is 4.39 Å². The van der Waals surface area contributed by atoms with E-state index >= 15 is 0 Å². The van der Waals surface area contributed by atoms with Crippen LogP contribution in [0.1, 0.15) is 5.56 Å². The molecule has 80 valence electrons. The molecule has 0 bridgehead atoms. The summed E-state index contributed by atoms with van der Waals surface area (Å²) in [7, 11) is 0. The van der Waals surface area contributed by atoms with Crippen LogP contribution in [0, 0.1) is 11.6 Å². The Hall–Kier alpha value is -1.42. The maximum absolute atomic E-state index is 13.2. The van der Waals surface area contributed by atoms with Crippen molar-refractivity contribution in [1.29, 1.82) is 0 Å². The monoisotopic (exact) mass is 212 g/mol. The lowest BCUT2D eigenvalue weighted by Gasteiger charge is -2.07. The lowest BCUT2D eigenvalue weighted by Crippen LogP contribution is -2.06. The number of halogens is 2. The third kappa shape index (κ3) is 2.33. The molecule has 2 nitrogen and oxygen atoms in total. The Labute approximate surface area is 86.1 Å². The predicted molar refractivity (Wildman–Crippen MR) is 51.7 cm³/mol. The Kier molecular flexibility index (Phi) is 2.68. The molecule has 0 unspecified atom stereocenters. The molecule has 0 aliphatic carbocycles. The van der Waals surface area contributed by atoms with Gasteiger partial charge >= 0.3 is 0 Å². The molecule has 15 heavy (non-hydrogen) atoms. The number of hydrogen-bond donors (Lipinski definition) is 0. The van der Waals surface area contributed by atoms with E-state index in [9.17, 15) is 8.78 Å². The van der Waals surface area contributed by atoms with Gasteiger partial charge in [0.15, 0.2) is 11.6 Å². The van der Waals surface area contributed by atoms with E-state index in [4.69, 9.17) is 9.47 Å². The first-order valence-electron chi connectivity index (χ1n) is 4.56. The molecule has 0 radical (unpaired) electrons. The van der Waals surface area contributed by atoms with Crippen LogP contribution in [0.15, 0.2) is 18.7 Å². The van der Waals surface area contributed by atoms with Crippen molar-refractivity contribution in [3.63, 3.8) is 0 Å². The Morgan fingerprint density at radius 1 is 1.53 bits per heavy atom. The van der Waals surface area contributed by atoms with Crippen LogP contribution >= 0.6 is 0 Å². The summed E-state index contributed by atoms with van der Waals surface area (Å²) in [5.74, 6) is -2.00. The van der Waals surface area contributed by atoms with Crippen molar-refractivity contribution in [3.8, 4) is 5.75 Å². The van der Waals surface area contributed by atoms with Crippen LogP contribution in [0.5, 0.6) is 5.75 Å². The first-order valence-corrected chi connectivity index (χ1v) is 4.56. The molecule has 2 rings (SSSR count). The molecule has 1 aliphatic heterocycles. The van der Waals surface area contributed by atoms with Gasteiger partial charge in [0.2, 0.25) is 5.82 Å². The standard InChI is InChI=1S/C11H10F2O2/c1-2-7-3-9(12)11(13)10(4-7)15-6-8-5-14-8/h2-4,8H,1,5-6H2/t8-/m1/s1. The highest BCUT2D eigenvalue weighted by Gasteiger charge is 2.24. The van der Waals surface area contributed by atoms with E-state index in [2.05, 4.69) is 6.58 Å². The van der Waals surface area contributed by atoms with Gasteiger partial charge in [0.25, 0.3) is 0 Å². The molecule has 1 saturated heterocycles. The fourth-order valence-electron chi connectivity index (χ4n) is 1.15. The molecule has 4 heteroatoms. The van der Waals surface area contributed by atoms with Crippen molar-refractivity contribution >= 4 is 6.08 Å². The minimum absolute atomic E-state index is 0.0137. The summed E-state index contributed by atoms with van der Waals surface area (Å²) in [4.78, 5) is 0. The van der Waals surface area contributed by atoms with Crippen molar-refractivity contribution in [3.05, 3.63) is 35.9 Å². The second-order valence-electron chi connectivity index (χ2n) is 3.29.